The van der Waals surface area contributed by atoms with Gasteiger partial charge >= 0.3 is 12.0 Å². The van der Waals surface area contributed by atoms with Crippen LogP contribution in [0.15, 0.2) is 78.9 Å². The molecule has 1 unspecified atom stereocenters. The second-order valence-electron chi connectivity index (χ2n) is 11.9. The molecule has 0 spiro atoms. The van der Waals surface area contributed by atoms with Crippen molar-refractivity contribution in [1.29, 1.82) is 0 Å². The van der Waals surface area contributed by atoms with E-state index in [1.165, 1.54) is 29.2 Å². The second-order valence-corrected chi connectivity index (χ2v) is 11.9. The average molecular weight is 600 g/mol. The van der Waals surface area contributed by atoms with Gasteiger partial charge in [0.1, 0.15) is 17.4 Å². The lowest BCUT2D eigenvalue weighted by atomic mass is 9.98. The molecule has 4 rings (SSSR count). The summed E-state index contributed by atoms with van der Waals surface area (Å²) in [6.07, 6.45) is 3.73. The van der Waals surface area contributed by atoms with Crippen molar-refractivity contribution in [2.45, 2.75) is 64.7 Å². The SMILES string of the molecule is CC(C)C[C@@H](C(=O)NC(CC(=O)O)c1ccc(F)cc1)N1C(=O)N(Cc2ccc(C=Cc3ccccc3)cc2)C(C)(C)C1=O. The number of hydrogen-bond acceptors (Lipinski definition) is 4. The first-order chi connectivity index (χ1) is 20.9. The van der Waals surface area contributed by atoms with Crippen LogP contribution in [0.1, 0.15) is 68.8 Å². The number of nitrogens with zero attached hydrogens (tertiary/aromatic N) is 2. The molecule has 0 saturated carbocycles. The topological polar surface area (TPSA) is 107 Å². The predicted molar refractivity (Wildman–Crippen MR) is 166 cm³/mol. The Morgan fingerprint density at radius 3 is 2.07 bits per heavy atom. The monoisotopic (exact) mass is 599 g/mol. The van der Waals surface area contributed by atoms with E-state index in [4.69, 9.17) is 0 Å². The Morgan fingerprint density at radius 1 is 0.909 bits per heavy atom. The largest absolute Gasteiger partial charge is 0.481 e. The van der Waals surface area contributed by atoms with Gasteiger partial charge in [-0.1, -0.05) is 92.7 Å². The first-order valence-corrected chi connectivity index (χ1v) is 14.6. The first kappa shape index (κ1) is 32.1. The molecule has 0 radical (unpaired) electrons. The third kappa shape index (κ3) is 7.58. The van der Waals surface area contributed by atoms with Crippen molar-refractivity contribution in [3.8, 4) is 0 Å². The number of halogens is 1. The molecule has 4 amide bonds. The van der Waals surface area contributed by atoms with Gasteiger partial charge in [-0.2, -0.15) is 0 Å². The number of carboxylic acid groups (broad SMARTS) is 1. The van der Waals surface area contributed by atoms with E-state index in [1.54, 1.807) is 13.8 Å². The summed E-state index contributed by atoms with van der Waals surface area (Å²) in [7, 11) is 0. The highest BCUT2D eigenvalue weighted by Crippen LogP contribution is 2.33. The summed E-state index contributed by atoms with van der Waals surface area (Å²) in [6.45, 7) is 7.21. The summed E-state index contributed by atoms with van der Waals surface area (Å²) in [6, 6.07) is 20.0. The number of carbonyl (C=O) groups is 4. The maximum atomic E-state index is 13.9. The summed E-state index contributed by atoms with van der Waals surface area (Å²) in [5.74, 6) is -2.89. The lowest BCUT2D eigenvalue weighted by molar-refractivity contribution is -0.140. The van der Waals surface area contributed by atoms with Crippen LogP contribution in [-0.4, -0.2) is 50.3 Å². The van der Waals surface area contributed by atoms with Crippen LogP contribution in [0.5, 0.6) is 0 Å². The fourth-order valence-electron chi connectivity index (χ4n) is 5.25. The van der Waals surface area contributed by atoms with Gasteiger partial charge in [0, 0.05) is 6.54 Å². The molecular formula is C35H38FN3O5. The van der Waals surface area contributed by atoms with Crippen LogP contribution >= 0.6 is 0 Å². The Balaban J connectivity index is 1.55. The number of imide groups is 1. The zero-order valence-electron chi connectivity index (χ0n) is 25.4. The van der Waals surface area contributed by atoms with Gasteiger partial charge < -0.3 is 15.3 Å². The van der Waals surface area contributed by atoms with Gasteiger partial charge in [-0.3, -0.25) is 14.4 Å². The minimum Gasteiger partial charge on any atom is -0.481 e. The number of carbonyl (C=O) groups excluding carboxylic acids is 3. The summed E-state index contributed by atoms with van der Waals surface area (Å²) in [5, 5.41) is 12.2. The van der Waals surface area contributed by atoms with Gasteiger partial charge in [0.15, 0.2) is 0 Å². The van der Waals surface area contributed by atoms with Crippen LogP contribution < -0.4 is 5.32 Å². The molecule has 1 saturated heterocycles. The predicted octanol–water partition coefficient (Wildman–Crippen LogP) is 6.29. The molecule has 44 heavy (non-hydrogen) atoms. The van der Waals surface area contributed by atoms with Gasteiger partial charge in [-0.25, -0.2) is 14.1 Å². The number of carboxylic acids is 1. The van der Waals surface area contributed by atoms with E-state index in [-0.39, 0.29) is 18.9 Å². The minimum absolute atomic E-state index is 0.0660. The van der Waals surface area contributed by atoms with E-state index in [2.05, 4.69) is 5.32 Å². The van der Waals surface area contributed by atoms with Crippen molar-refractivity contribution >= 4 is 36.0 Å². The summed E-state index contributed by atoms with van der Waals surface area (Å²) >= 11 is 0. The quantitative estimate of drug-likeness (QED) is 0.188. The molecule has 1 heterocycles. The lowest BCUT2D eigenvalue weighted by Gasteiger charge is -2.29. The Bertz CT molecular complexity index is 1520. The number of amides is 4. The number of benzene rings is 3. The van der Waals surface area contributed by atoms with Crippen molar-refractivity contribution in [3.63, 3.8) is 0 Å². The van der Waals surface area contributed by atoms with Gasteiger partial charge in [0.25, 0.3) is 5.91 Å². The normalized spacial score (nSPS) is 16.0. The Labute approximate surface area is 257 Å². The number of aliphatic carboxylic acids is 1. The van der Waals surface area contributed by atoms with Crippen molar-refractivity contribution < 1.29 is 28.7 Å². The van der Waals surface area contributed by atoms with Gasteiger partial charge in [0.05, 0.1) is 12.5 Å². The Morgan fingerprint density at radius 2 is 1.50 bits per heavy atom. The molecule has 1 aliphatic rings. The average Bonchev–Trinajstić information content (AvgIpc) is 3.14. The van der Waals surface area contributed by atoms with E-state index >= 15 is 0 Å². The van der Waals surface area contributed by atoms with Crippen LogP contribution in [0.2, 0.25) is 0 Å². The van der Waals surface area contributed by atoms with Crippen molar-refractivity contribution in [2.24, 2.45) is 5.92 Å². The van der Waals surface area contributed by atoms with Crippen molar-refractivity contribution in [3.05, 3.63) is 107 Å². The highest BCUT2D eigenvalue weighted by atomic mass is 19.1. The Hall–Kier alpha value is -4.79. The second kappa shape index (κ2) is 13.7. The smallest absolute Gasteiger partial charge is 0.328 e. The molecule has 0 bridgehead atoms. The fourth-order valence-corrected chi connectivity index (χ4v) is 5.25. The lowest BCUT2D eigenvalue weighted by Crippen LogP contribution is -2.52. The zero-order valence-corrected chi connectivity index (χ0v) is 25.4. The number of rotatable bonds is 12. The van der Waals surface area contributed by atoms with Gasteiger partial charge in [-0.15, -0.1) is 0 Å². The number of urea groups is 1. The number of hydrogen-bond donors (Lipinski definition) is 2. The standard InChI is InChI=1S/C35H38FN3O5/c1-23(2)20-30(32(42)37-29(21-31(40)41)27-16-18-28(36)19-17-27)39-33(43)35(3,4)38(34(39)44)22-26-14-12-25(13-15-26)11-10-24-8-6-5-7-9-24/h5-19,23,29-30H,20-22H2,1-4H3,(H,37,42)(H,40,41)/t29?,30-/m0/s1. The van der Waals surface area contributed by atoms with E-state index in [1.807, 2.05) is 80.6 Å². The molecule has 9 heteroatoms. The van der Waals surface area contributed by atoms with Gasteiger partial charge in [0.2, 0.25) is 5.91 Å². The molecule has 1 aliphatic heterocycles. The first-order valence-electron chi connectivity index (χ1n) is 14.6. The van der Waals surface area contributed by atoms with E-state index in [9.17, 15) is 28.7 Å². The molecule has 3 aromatic rings. The number of nitrogens with one attached hydrogen (secondary N) is 1. The van der Waals surface area contributed by atoms with Gasteiger partial charge in [-0.05, 0) is 60.6 Å². The van der Waals surface area contributed by atoms with Crippen LogP contribution in [0, 0.1) is 11.7 Å². The molecule has 3 aromatic carbocycles. The van der Waals surface area contributed by atoms with E-state index < -0.39 is 53.7 Å². The maximum Gasteiger partial charge on any atom is 0.328 e. The Kier molecular flexibility index (Phi) is 9.98. The molecule has 8 nitrogen and oxygen atoms in total. The van der Waals surface area contributed by atoms with E-state index in [0.717, 1.165) is 21.6 Å². The highest BCUT2D eigenvalue weighted by Gasteiger charge is 2.54. The van der Waals surface area contributed by atoms with Crippen LogP contribution in [-0.2, 0) is 20.9 Å². The molecule has 0 aliphatic carbocycles. The molecule has 230 valence electrons. The summed E-state index contributed by atoms with van der Waals surface area (Å²) in [4.78, 5) is 55.4. The summed E-state index contributed by atoms with van der Waals surface area (Å²) < 4.78 is 13.5. The van der Waals surface area contributed by atoms with Crippen molar-refractivity contribution in [2.75, 3.05) is 0 Å². The fraction of sp³-hybridized carbons (Fsp3) is 0.314. The zero-order chi connectivity index (χ0) is 32.0. The molecule has 2 atom stereocenters. The third-order valence-electron chi connectivity index (χ3n) is 7.72. The van der Waals surface area contributed by atoms with Crippen LogP contribution in [0.25, 0.3) is 12.2 Å². The van der Waals surface area contributed by atoms with E-state index in [0.29, 0.717) is 5.56 Å². The molecular weight excluding hydrogens is 561 g/mol. The van der Waals surface area contributed by atoms with Crippen molar-refractivity contribution in [1.82, 2.24) is 15.1 Å². The maximum absolute atomic E-state index is 13.9. The third-order valence-corrected chi connectivity index (χ3v) is 7.72. The van der Waals surface area contributed by atoms with Crippen LogP contribution in [0.4, 0.5) is 9.18 Å². The minimum atomic E-state index is -1.23. The van der Waals surface area contributed by atoms with Crippen LogP contribution in [0.3, 0.4) is 0 Å². The molecule has 0 aromatic heterocycles. The molecule has 2 N–H and O–H groups in total. The highest BCUT2D eigenvalue weighted by molar-refractivity contribution is 6.09. The molecule has 1 fully saturated rings. The summed E-state index contributed by atoms with van der Waals surface area (Å²) in [5.41, 5.74) is 2.05.